The van der Waals surface area contributed by atoms with Gasteiger partial charge in [-0.2, -0.15) is 0 Å². The molecule has 0 aliphatic rings. The van der Waals surface area contributed by atoms with Crippen molar-refractivity contribution in [3.63, 3.8) is 0 Å². The van der Waals surface area contributed by atoms with Gasteiger partial charge in [0.15, 0.2) is 0 Å². The highest BCUT2D eigenvalue weighted by molar-refractivity contribution is 6.31. The van der Waals surface area contributed by atoms with E-state index < -0.39 is 22.5 Å². The molecule has 0 heterocycles. The van der Waals surface area contributed by atoms with Crippen molar-refractivity contribution in [2.45, 2.75) is 6.54 Å². The van der Waals surface area contributed by atoms with E-state index in [2.05, 4.69) is 4.74 Å². The van der Waals surface area contributed by atoms with Gasteiger partial charge in [-0.05, 0) is 17.7 Å². The van der Waals surface area contributed by atoms with Gasteiger partial charge in [0.05, 0.1) is 12.0 Å². The van der Waals surface area contributed by atoms with Crippen LogP contribution in [0.4, 0.5) is 5.69 Å². The fourth-order valence-electron chi connectivity index (χ4n) is 2.23. The first-order valence-electron chi connectivity index (χ1n) is 7.26. The van der Waals surface area contributed by atoms with Crippen LogP contribution in [0.25, 0.3) is 0 Å². The summed E-state index contributed by atoms with van der Waals surface area (Å²) in [5.74, 6) is -1.28. The highest BCUT2D eigenvalue weighted by atomic mass is 35.5. The van der Waals surface area contributed by atoms with Crippen LogP contribution in [-0.2, 0) is 16.1 Å². The van der Waals surface area contributed by atoms with E-state index in [0.717, 1.165) is 11.6 Å². The number of hydrogen-bond acceptors (Lipinski definition) is 5. The Kier molecular flexibility index (Phi) is 6.08. The zero-order valence-corrected chi connectivity index (χ0v) is 14.1. The number of amides is 1. The lowest BCUT2D eigenvalue weighted by Crippen LogP contribution is -2.36. The number of methoxy groups -OCH3 is 1. The Morgan fingerprint density at radius 2 is 1.88 bits per heavy atom. The summed E-state index contributed by atoms with van der Waals surface area (Å²) in [4.78, 5) is 36.2. The number of carbonyl (C=O) groups excluding carboxylic acids is 2. The van der Waals surface area contributed by atoms with Crippen LogP contribution in [0.2, 0.25) is 5.02 Å². The molecule has 0 unspecified atom stereocenters. The van der Waals surface area contributed by atoms with Crippen molar-refractivity contribution in [3.05, 3.63) is 74.8 Å². The van der Waals surface area contributed by atoms with E-state index in [4.69, 9.17) is 11.6 Å². The predicted molar refractivity (Wildman–Crippen MR) is 91.3 cm³/mol. The lowest BCUT2D eigenvalue weighted by Gasteiger charge is -2.21. The Labute approximate surface area is 148 Å². The molecule has 0 N–H and O–H groups in total. The molecule has 2 aromatic rings. The minimum atomic E-state index is -0.683. The van der Waals surface area contributed by atoms with Crippen molar-refractivity contribution in [3.8, 4) is 0 Å². The van der Waals surface area contributed by atoms with E-state index in [1.54, 1.807) is 24.3 Å². The summed E-state index contributed by atoms with van der Waals surface area (Å²) in [5.41, 5.74) is 0.214. The van der Waals surface area contributed by atoms with Crippen LogP contribution in [-0.4, -0.2) is 35.4 Å². The SMILES string of the molecule is COC(=O)CN(Cc1ccccc1)C(=O)c1ccc(Cl)cc1[N+](=O)[O-]. The Bertz CT molecular complexity index is 795. The van der Waals surface area contributed by atoms with Gasteiger partial charge in [-0.25, -0.2) is 0 Å². The summed E-state index contributed by atoms with van der Waals surface area (Å²) in [6, 6.07) is 12.7. The molecule has 8 heteroatoms. The number of esters is 1. The number of nitrogens with zero attached hydrogens (tertiary/aromatic N) is 2. The topological polar surface area (TPSA) is 89.8 Å². The molecule has 0 aliphatic heterocycles. The third-order valence-corrected chi connectivity index (χ3v) is 3.67. The van der Waals surface area contributed by atoms with Crippen molar-refractivity contribution in [1.29, 1.82) is 0 Å². The molecule has 0 spiro atoms. The quantitative estimate of drug-likeness (QED) is 0.447. The predicted octanol–water partition coefficient (Wildman–Crippen LogP) is 3.06. The first-order valence-corrected chi connectivity index (χ1v) is 7.64. The van der Waals surface area contributed by atoms with Crippen molar-refractivity contribution in [1.82, 2.24) is 4.90 Å². The van der Waals surface area contributed by atoms with Crippen LogP contribution in [0, 0.1) is 10.1 Å². The highest BCUT2D eigenvalue weighted by Gasteiger charge is 2.26. The third kappa shape index (κ3) is 4.77. The lowest BCUT2D eigenvalue weighted by atomic mass is 10.1. The van der Waals surface area contributed by atoms with E-state index in [9.17, 15) is 19.7 Å². The molecule has 25 heavy (non-hydrogen) atoms. The smallest absolute Gasteiger partial charge is 0.325 e. The molecule has 0 saturated carbocycles. The standard InChI is InChI=1S/C17H15ClN2O5/c1-25-16(21)11-19(10-12-5-3-2-4-6-12)17(22)14-8-7-13(18)9-15(14)20(23)24/h2-9H,10-11H2,1H3. The van der Waals surface area contributed by atoms with E-state index >= 15 is 0 Å². The van der Waals surface area contributed by atoms with Crippen molar-refractivity contribution < 1.29 is 19.2 Å². The largest absolute Gasteiger partial charge is 0.468 e. The zero-order valence-electron chi connectivity index (χ0n) is 13.3. The Morgan fingerprint density at radius 1 is 1.20 bits per heavy atom. The number of nitro groups is 1. The normalized spacial score (nSPS) is 10.2. The van der Waals surface area contributed by atoms with Gasteiger partial charge in [-0.15, -0.1) is 0 Å². The molecule has 7 nitrogen and oxygen atoms in total. The van der Waals surface area contributed by atoms with Crippen LogP contribution >= 0.6 is 11.6 Å². The molecule has 0 aliphatic carbocycles. The van der Waals surface area contributed by atoms with Gasteiger partial charge in [0.2, 0.25) is 0 Å². The molecule has 0 fully saturated rings. The van der Waals surface area contributed by atoms with Crippen LogP contribution < -0.4 is 0 Å². The van der Waals surface area contributed by atoms with Gasteiger partial charge in [0.25, 0.3) is 11.6 Å². The third-order valence-electron chi connectivity index (χ3n) is 3.44. The summed E-state index contributed by atoms with van der Waals surface area (Å²) in [5, 5.41) is 11.4. The summed E-state index contributed by atoms with van der Waals surface area (Å²) in [7, 11) is 1.21. The zero-order chi connectivity index (χ0) is 18.4. The second-order valence-electron chi connectivity index (χ2n) is 5.14. The fourth-order valence-corrected chi connectivity index (χ4v) is 2.40. The minimum Gasteiger partial charge on any atom is -0.468 e. The fraction of sp³-hybridized carbons (Fsp3) is 0.176. The van der Waals surface area contributed by atoms with Crippen LogP contribution in [0.5, 0.6) is 0 Å². The summed E-state index contributed by atoms with van der Waals surface area (Å²) in [6.45, 7) is -0.224. The van der Waals surface area contributed by atoms with Gasteiger partial charge in [-0.1, -0.05) is 41.9 Å². The van der Waals surface area contributed by atoms with Crippen molar-refractivity contribution in [2.24, 2.45) is 0 Å². The highest BCUT2D eigenvalue weighted by Crippen LogP contribution is 2.25. The molecule has 0 saturated heterocycles. The Morgan fingerprint density at radius 3 is 2.48 bits per heavy atom. The second kappa shape index (κ2) is 8.25. The summed E-state index contributed by atoms with van der Waals surface area (Å²) >= 11 is 5.78. The Balaban J connectivity index is 2.38. The number of hydrogen-bond donors (Lipinski definition) is 0. The molecule has 0 atom stereocenters. The molecule has 1 amide bonds. The average molecular weight is 363 g/mol. The lowest BCUT2D eigenvalue weighted by molar-refractivity contribution is -0.385. The van der Waals surface area contributed by atoms with Gasteiger partial charge in [0, 0.05) is 17.6 Å². The maximum Gasteiger partial charge on any atom is 0.325 e. The average Bonchev–Trinajstić information content (AvgIpc) is 2.61. The second-order valence-corrected chi connectivity index (χ2v) is 5.58. The summed E-state index contributed by atoms with van der Waals surface area (Å²) in [6.07, 6.45) is 0. The number of halogens is 1. The number of benzene rings is 2. The molecular formula is C17H15ClN2O5. The molecule has 0 bridgehead atoms. The molecule has 0 radical (unpaired) electrons. The minimum absolute atomic E-state index is 0.106. The van der Waals surface area contributed by atoms with Gasteiger partial charge in [0.1, 0.15) is 12.1 Å². The van der Waals surface area contributed by atoms with Crippen LogP contribution in [0.1, 0.15) is 15.9 Å². The number of ether oxygens (including phenoxy) is 1. The molecule has 2 rings (SSSR count). The van der Waals surface area contributed by atoms with Crippen molar-refractivity contribution >= 4 is 29.2 Å². The Hall–Kier alpha value is -2.93. The number of carbonyl (C=O) groups is 2. The van der Waals surface area contributed by atoms with Crippen molar-refractivity contribution in [2.75, 3.05) is 13.7 Å². The maximum absolute atomic E-state index is 12.8. The van der Waals surface area contributed by atoms with Crippen LogP contribution in [0.3, 0.4) is 0 Å². The molecular weight excluding hydrogens is 348 g/mol. The van der Waals surface area contributed by atoms with E-state index in [1.807, 2.05) is 6.07 Å². The first-order chi connectivity index (χ1) is 11.9. The van der Waals surface area contributed by atoms with E-state index in [0.29, 0.717) is 0 Å². The van der Waals surface area contributed by atoms with E-state index in [1.165, 1.54) is 24.1 Å². The number of nitro benzene ring substituents is 1. The van der Waals surface area contributed by atoms with Gasteiger partial charge < -0.3 is 9.64 Å². The molecule has 2 aromatic carbocycles. The first kappa shape index (κ1) is 18.4. The number of rotatable bonds is 6. The maximum atomic E-state index is 12.8. The van der Waals surface area contributed by atoms with Gasteiger partial charge >= 0.3 is 5.97 Å². The van der Waals surface area contributed by atoms with E-state index in [-0.39, 0.29) is 23.7 Å². The van der Waals surface area contributed by atoms with Gasteiger partial charge in [-0.3, -0.25) is 19.7 Å². The molecule has 130 valence electrons. The monoisotopic (exact) mass is 362 g/mol. The summed E-state index contributed by atoms with van der Waals surface area (Å²) < 4.78 is 4.61. The van der Waals surface area contributed by atoms with Crippen LogP contribution in [0.15, 0.2) is 48.5 Å². The molecule has 0 aromatic heterocycles.